The number of piperidine rings is 1. The zero-order valence-corrected chi connectivity index (χ0v) is 18.1. The summed E-state index contributed by atoms with van der Waals surface area (Å²) in [6, 6.07) is 20.7. The van der Waals surface area contributed by atoms with Crippen LogP contribution in [0, 0.1) is 17.2 Å². The second-order valence-corrected chi connectivity index (χ2v) is 8.34. The number of hydrogen-bond acceptors (Lipinski definition) is 3. The Balaban J connectivity index is 1.45. The van der Waals surface area contributed by atoms with Gasteiger partial charge in [0.15, 0.2) is 0 Å². The van der Waals surface area contributed by atoms with Gasteiger partial charge in [-0.25, -0.2) is 0 Å². The number of amides is 1. The minimum atomic E-state index is -0.166. The van der Waals surface area contributed by atoms with Crippen molar-refractivity contribution in [2.75, 3.05) is 19.6 Å². The third-order valence-electron chi connectivity index (χ3n) is 5.31. The number of benzene rings is 2. The molecule has 150 valence electrons. The Morgan fingerprint density at radius 1 is 1.14 bits per heavy atom. The van der Waals surface area contributed by atoms with Crippen LogP contribution in [-0.4, -0.2) is 30.4 Å². The van der Waals surface area contributed by atoms with Crippen molar-refractivity contribution in [2.45, 2.75) is 25.7 Å². The monoisotopic (exact) mass is 451 g/mol. The summed E-state index contributed by atoms with van der Waals surface area (Å²) in [4.78, 5) is 14.5. The van der Waals surface area contributed by atoms with Crippen LogP contribution in [0.2, 0.25) is 0 Å². The van der Waals surface area contributed by atoms with E-state index in [2.05, 4.69) is 63.7 Å². The van der Waals surface area contributed by atoms with Gasteiger partial charge in [0.05, 0.1) is 0 Å². The van der Waals surface area contributed by atoms with Crippen molar-refractivity contribution in [1.82, 2.24) is 10.2 Å². The molecule has 0 radical (unpaired) electrons. The molecule has 0 atom stereocenters. The third kappa shape index (κ3) is 6.47. The van der Waals surface area contributed by atoms with Gasteiger partial charge < -0.3 is 10.2 Å². The fourth-order valence-electron chi connectivity index (χ4n) is 3.68. The van der Waals surface area contributed by atoms with Gasteiger partial charge in [-0.3, -0.25) is 4.79 Å². The summed E-state index contributed by atoms with van der Waals surface area (Å²) in [5, 5.41) is 12.5. The van der Waals surface area contributed by atoms with Gasteiger partial charge in [0, 0.05) is 30.3 Å². The van der Waals surface area contributed by atoms with Gasteiger partial charge in [0.2, 0.25) is 0 Å². The first kappa shape index (κ1) is 21.1. The molecule has 0 spiro atoms. The number of likely N-dealkylation sites (tertiary alicyclic amines) is 1. The molecule has 1 heterocycles. The molecule has 0 aromatic heterocycles. The highest BCUT2D eigenvalue weighted by molar-refractivity contribution is 9.10. The van der Waals surface area contributed by atoms with Gasteiger partial charge in [0.25, 0.3) is 5.91 Å². The largest absolute Gasteiger partial charge is 0.389 e. The SMILES string of the molecule is N#C/C(=C/NCCc1cccc(Br)c1)C(=O)N1CCC(Cc2ccccc2)CC1. The van der Waals surface area contributed by atoms with Crippen molar-refractivity contribution >= 4 is 21.8 Å². The molecule has 29 heavy (non-hydrogen) atoms. The van der Waals surface area contributed by atoms with E-state index in [4.69, 9.17) is 0 Å². The molecule has 1 saturated heterocycles. The molecule has 2 aromatic carbocycles. The maximum absolute atomic E-state index is 12.7. The molecule has 5 heteroatoms. The van der Waals surface area contributed by atoms with Crippen molar-refractivity contribution in [3.63, 3.8) is 0 Å². The number of carbonyl (C=O) groups excluding carboxylic acids is 1. The highest BCUT2D eigenvalue weighted by Crippen LogP contribution is 2.22. The van der Waals surface area contributed by atoms with E-state index in [1.165, 1.54) is 11.1 Å². The van der Waals surface area contributed by atoms with E-state index in [0.29, 0.717) is 25.6 Å². The topological polar surface area (TPSA) is 56.1 Å². The second-order valence-electron chi connectivity index (χ2n) is 7.43. The number of nitriles is 1. The van der Waals surface area contributed by atoms with Crippen LogP contribution in [0.4, 0.5) is 0 Å². The average Bonchev–Trinajstić information content (AvgIpc) is 2.75. The van der Waals surface area contributed by atoms with E-state index in [0.717, 1.165) is 30.2 Å². The van der Waals surface area contributed by atoms with E-state index in [9.17, 15) is 10.1 Å². The van der Waals surface area contributed by atoms with Crippen LogP contribution < -0.4 is 5.32 Å². The molecular weight excluding hydrogens is 426 g/mol. The van der Waals surface area contributed by atoms with Gasteiger partial charge in [0.1, 0.15) is 11.6 Å². The number of rotatable bonds is 7. The lowest BCUT2D eigenvalue weighted by atomic mass is 9.90. The van der Waals surface area contributed by atoms with E-state index in [1.54, 1.807) is 6.20 Å². The Kier molecular flexibility index (Phi) is 7.89. The predicted octanol–water partition coefficient (Wildman–Crippen LogP) is 4.47. The maximum atomic E-state index is 12.7. The lowest BCUT2D eigenvalue weighted by Gasteiger charge is -2.32. The van der Waals surface area contributed by atoms with Crippen LogP contribution in [0.25, 0.3) is 0 Å². The zero-order chi connectivity index (χ0) is 20.5. The van der Waals surface area contributed by atoms with Crippen molar-refractivity contribution in [3.05, 3.63) is 82.0 Å². The predicted molar refractivity (Wildman–Crippen MR) is 119 cm³/mol. The van der Waals surface area contributed by atoms with Crippen molar-refractivity contribution < 1.29 is 4.79 Å². The third-order valence-corrected chi connectivity index (χ3v) is 5.81. The molecule has 0 bridgehead atoms. The highest BCUT2D eigenvalue weighted by atomic mass is 79.9. The van der Waals surface area contributed by atoms with Crippen LogP contribution in [-0.2, 0) is 17.6 Å². The summed E-state index contributed by atoms with van der Waals surface area (Å²) in [6.45, 7) is 2.11. The molecule has 0 saturated carbocycles. The van der Waals surface area contributed by atoms with E-state index >= 15 is 0 Å². The molecule has 3 rings (SSSR count). The molecule has 1 fully saturated rings. The fourth-order valence-corrected chi connectivity index (χ4v) is 4.13. The molecule has 1 aliphatic heterocycles. The molecule has 1 amide bonds. The van der Waals surface area contributed by atoms with Gasteiger partial charge in [-0.15, -0.1) is 0 Å². The Morgan fingerprint density at radius 2 is 1.86 bits per heavy atom. The summed E-state index contributed by atoms with van der Waals surface area (Å²) in [7, 11) is 0. The van der Waals surface area contributed by atoms with E-state index < -0.39 is 0 Å². The number of nitrogens with zero attached hydrogens (tertiary/aromatic N) is 2. The molecule has 2 aromatic rings. The molecule has 4 nitrogen and oxygen atoms in total. The quantitative estimate of drug-likeness (QED) is 0.383. The Bertz CT molecular complexity index is 880. The molecule has 0 unspecified atom stereocenters. The van der Waals surface area contributed by atoms with Gasteiger partial charge in [-0.05, 0) is 54.9 Å². The summed E-state index contributed by atoms with van der Waals surface area (Å²) in [5.41, 5.74) is 2.73. The maximum Gasteiger partial charge on any atom is 0.265 e. The summed E-state index contributed by atoms with van der Waals surface area (Å²) in [6.07, 6.45) is 5.41. The number of carbonyl (C=O) groups is 1. The Hall–Kier alpha value is -2.58. The van der Waals surface area contributed by atoms with Crippen LogP contribution in [0.5, 0.6) is 0 Å². The summed E-state index contributed by atoms with van der Waals surface area (Å²) >= 11 is 3.47. The lowest BCUT2D eigenvalue weighted by molar-refractivity contribution is -0.128. The zero-order valence-electron chi connectivity index (χ0n) is 16.5. The van der Waals surface area contributed by atoms with Gasteiger partial charge in [-0.2, -0.15) is 5.26 Å². The van der Waals surface area contributed by atoms with Crippen molar-refractivity contribution in [3.8, 4) is 6.07 Å². The van der Waals surface area contributed by atoms with E-state index in [-0.39, 0.29) is 11.5 Å². The first-order valence-corrected chi connectivity index (χ1v) is 10.9. The first-order valence-electron chi connectivity index (χ1n) is 10.1. The second kappa shape index (κ2) is 10.8. The van der Waals surface area contributed by atoms with Crippen molar-refractivity contribution in [2.24, 2.45) is 5.92 Å². The molecule has 1 N–H and O–H groups in total. The van der Waals surface area contributed by atoms with Crippen LogP contribution in [0.15, 0.2) is 70.8 Å². The summed E-state index contributed by atoms with van der Waals surface area (Å²) in [5.74, 6) is 0.430. The average molecular weight is 452 g/mol. The van der Waals surface area contributed by atoms with Gasteiger partial charge >= 0.3 is 0 Å². The van der Waals surface area contributed by atoms with Crippen LogP contribution in [0.1, 0.15) is 24.0 Å². The minimum absolute atomic E-state index is 0.166. The van der Waals surface area contributed by atoms with E-state index in [1.807, 2.05) is 23.1 Å². The standard InChI is InChI=1S/C24H26BrN3O/c25-23-8-4-7-20(16-23)9-12-27-18-22(17-26)24(29)28-13-10-21(11-14-28)15-19-5-2-1-3-6-19/h1-8,16,18,21,27H,9-15H2/b22-18-. The fraction of sp³-hybridized carbons (Fsp3) is 0.333. The van der Waals surface area contributed by atoms with Gasteiger partial charge in [-0.1, -0.05) is 58.4 Å². The number of halogens is 1. The lowest BCUT2D eigenvalue weighted by Crippen LogP contribution is -2.39. The minimum Gasteiger partial charge on any atom is -0.389 e. The molecule has 1 aliphatic rings. The highest BCUT2D eigenvalue weighted by Gasteiger charge is 2.25. The molecule has 0 aliphatic carbocycles. The van der Waals surface area contributed by atoms with Crippen molar-refractivity contribution in [1.29, 1.82) is 5.26 Å². The smallest absolute Gasteiger partial charge is 0.265 e. The summed E-state index contributed by atoms with van der Waals surface area (Å²) < 4.78 is 1.05. The normalized spacial score (nSPS) is 15.0. The Labute approximate surface area is 181 Å². The first-order chi connectivity index (χ1) is 14.2. The molecular formula is C24H26BrN3O. The van der Waals surface area contributed by atoms with Crippen LogP contribution >= 0.6 is 15.9 Å². The number of hydrogen-bond donors (Lipinski definition) is 1. The Morgan fingerprint density at radius 3 is 2.55 bits per heavy atom. The number of nitrogens with one attached hydrogen (secondary N) is 1. The van der Waals surface area contributed by atoms with Crippen LogP contribution in [0.3, 0.4) is 0 Å².